The zero-order valence-electron chi connectivity index (χ0n) is 12.1. The van der Waals surface area contributed by atoms with E-state index in [0.29, 0.717) is 30.5 Å². The number of nitrogens with zero attached hydrogens (tertiary/aromatic N) is 1. The number of hydrogen-bond acceptors (Lipinski definition) is 2. The molecule has 0 bridgehead atoms. The van der Waals surface area contributed by atoms with E-state index in [2.05, 4.69) is 5.32 Å². The molecule has 1 aliphatic heterocycles. The molecule has 112 valence electrons. The molecule has 0 aromatic heterocycles. The molecule has 5 heteroatoms. The number of anilines is 1. The minimum Gasteiger partial charge on any atom is -0.355 e. The molecule has 21 heavy (non-hydrogen) atoms. The first-order chi connectivity index (χ1) is 10.1. The molecule has 1 heterocycles. The molecule has 1 saturated carbocycles. The lowest BCUT2D eigenvalue weighted by molar-refractivity contribution is -0.132. The van der Waals surface area contributed by atoms with Crippen LogP contribution in [0.1, 0.15) is 24.8 Å². The van der Waals surface area contributed by atoms with Crippen LogP contribution < -0.4 is 10.2 Å². The zero-order valence-corrected chi connectivity index (χ0v) is 12.8. The number of rotatable bonds is 4. The Kier molecular flexibility index (Phi) is 3.89. The molecule has 0 spiro atoms. The molecule has 2 amide bonds. The lowest BCUT2D eigenvalue weighted by atomic mass is 10.1. The monoisotopic (exact) mass is 306 g/mol. The number of benzene rings is 1. The van der Waals surface area contributed by atoms with E-state index in [1.165, 1.54) is 12.8 Å². The third kappa shape index (κ3) is 2.91. The van der Waals surface area contributed by atoms with Gasteiger partial charge in [-0.25, -0.2) is 0 Å². The van der Waals surface area contributed by atoms with Crippen LogP contribution >= 0.6 is 11.6 Å². The number of nitrogens with one attached hydrogen (secondary N) is 1. The predicted octanol–water partition coefficient (Wildman–Crippen LogP) is 2.53. The van der Waals surface area contributed by atoms with Gasteiger partial charge in [-0.1, -0.05) is 17.7 Å². The van der Waals surface area contributed by atoms with Crippen molar-refractivity contribution in [2.24, 2.45) is 11.8 Å². The van der Waals surface area contributed by atoms with E-state index in [9.17, 15) is 9.59 Å². The molecule has 1 aliphatic carbocycles. The molecule has 1 unspecified atom stereocenters. The first kappa shape index (κ1) is 14.4. The van der Waals surface area contributed by atoms with Gasteiger partial charge in [0.05, 0.1) is 0 Å². The fourth-order valence-electron chi connectivity index (χ4n) is 2.74. The number of hydrogen-bond donors (Lipinski definition) is 1. The maximum absolute atomic E-state index is 12.5. The lowest BCUT2D eigenvalue weighted by Crippen LogP contribution is -2.37. The molecule has 0 radical (unpaired) electrons. The third-order valence-electron chi connectivity index (χ3n) is 4.31. The van der Waals surface area contributed by atoms with Crippen LogP contribution in [0.3, 0.4) is 0 Å². The van der Waals surface area contributed by atoms with Gasteiger partial charge in [0.25, 0.3) is 0 Å². The molecule has 4 nitrogen and oxygen atoms in total. The van der Waals surface area contributed by atoms with Crippen molar-refractivity contribution in [3.63, 3.8) is 0 Å². The second-order valence-electron chi connectivity index (χ2n) is 5.90. The minimum atomic E-state index is -0.554. The molecule has 1 aromatic carbocycles. The molecule has 1 N–H and O–H groups in total. The summed E-state index contributed by atoms with van der Waals surface area (Å²) in [6.45, 7) is 3.17. The maximum Gasteiger partial charge on any atom is 0.239 e. The molecule has 2 aliphatic rings. The molecule has 1 aromatic rings. The van der Waals surface area contributed by atoms with Crippen molar-refractivity contribution in [1.29, 1.82) is 0 Å². The van der Waals surface area contributed by atoms with Crippen molar-refractivity contribution in [2.75, 3.05) is 18.0 Å². The fraction of sp³-hybridized carbons (Fsp3) is 0.500. The fourth-order valence-corrected chi connectivity index (χ4v) is 2.91. The van der Waals surface area contributed by atoms with Gasteiger partial charge in [0.1, 0.15) is 5.92 Å². The van der Waals surface area contributed by atoms with Crippen molar-refractivity contribution >= 4 is 29.1 Å². The highest BCUT2D eigenvalue weighted by Crippen LogP contribution is 2.32. The summed E-state index contributed by atoms with van der Waals surface area (Å²) in [7, 11) is 0. The molecular weight excluding hydrogens is 288 g/mol. The van der Waals surface area contributed by atoms with E-state index in [1.807, 2.05) is 19.1 Å². The molecule has 1 atom stereocenters. The Labute approximate surface area is 129 Å². The summed E-state index contributed by atoms with van der Waals surface area (Å²) in [5.74, 6) is -0.179. The third-order valence-corrected chi connectivity index (χ3v) is 4.72. The summed E-state index contributed by atoms with van der Waals surface area (Å²) in [6.07, 6.45) is 2.95. The zero-order chi connectivity index (χ0) is 15.0. The highest BCUT2D eigenvalue weighted by Gasteiger charge is 2.38. The quantitative estimate of drug-likeness (QED) is 0.869. The standard InChI is InChI=1S/C16H19ClN2O2/c1-10-13(17)3-2-4-14(10)19-8-7-12(16(19)21)15(20)18-9-11-5-6-11/h2-4,11-12H,5-9H2,1H3,(H,18,20). The normalized spacial score (nSPS) is 21.7. The second kappa shape index (κ2) is 5.68. The van der Waals surface area contributed by atoms with Crippen LogP contribution in [0.4, 0.5) is 5.69 Å². The van der Waals surface area contributed by atoms with E-state index >= 15 is 0 Å². The maximum atomic E-state index is 12.5. The highest BCUT2D eigenvalue weighted by molar-refractivity contribution is 6.31. The topological polar surface area (TPSA) is 49.4 Å². The number of carbonyl (C=O) groups excluding carboxylic acids is 2. The van der Waals surface area contributed by atoms with E-state index < -0.39 is 5.92 Å². The van der Waals surface area contributed by atoms with Crippen LogP contribution in [0.25, 0.3) is 0 Å². The summed E-state index contributed by atoms with van der Waals surface area (Å²) < 4.78 is 0. The molecule has 3 rings (SSSR count). The van der Waals surface area contributed by atoms with Crippen molar-refractivity contribution in [2.45, 2.75) is 26.2 Å². The highest BCUT2D eigenvalue weighted by atomic mass is 35.5. The Morgan fingerprint density at radius 3 is 2.86 bits per heavy atom. The van der Waals surface area contributed by atoms with E-state index in [-0.39, 0.29) is 11.8 Å². The number of halogens is 1. The van der Waals surface area contributed by atoms with Crippen LogP contribution in [-0.2, 0) is 9.59 Å². The second-order valence-corrected chi connectivity index (χ2v) is 6.31. The Balaban J connectivity index is 1.70. The van der Waals surface area contributed by atoms with Crippen molar-refractivity contribution in [3.05, 3.63) is 28.8 Å². The Morgan fingerprint density at radius 2 is 2.14 bits per heavy atom. The van der Waals surface area contributed by atoms with Crippen LogP contribution in [0.5, 0.6) is 0 Å². The first-order valence-corrected chi connectivity index (χ1v) is 7.80. The van der Waals surface area contributed by atoms with Gasteiger partial charge in [0, 0.05) is 23.8 Å². The first-order valence-electron chi connectivity index (χ1n) is 7.42. The summed E-state index contributed by atoms with van der Waals surface area (Å²) in [5, 5.41) is 3.54. The van der Waals surface area contributed by atoms with E-state index in [1.54, 1.807) is 11.0 Å². The van der Waals surface area contributed by atoms with Gasteiger partial charge < -0.3 is 10.2 Å². The predicted molar refractivity (Wildman–Crippen MR) is 82.4 cm³/mol. The van der Waals surface area contributed by atoms with Gasteiger partial charge in [0.2, 0.25) is 11.8 Å². The smallest absolute Gasteiger partial charge is 0.239 e. The van der Waals surface area contributed by atoms with Crippen LogP contribution in [0, 0.1) is 18.8 Å². The minimum absolute atomic E-state index is 0.117. The largest absolute Gasteiger partial charge is 0.355 e. The van der Waals surface area contributed by atoms with Crippen LogP contribution in [-0.4, -0.2) is 24.9 Å². The summed E-state index contributed by atoms with van der Waals surface area (Å²) in [4.78, 5) is 26.3. The van der Waals surface area contributed by atoms with Gasteiger partial charge in [-0.15, -0.1) is 0 Å². The Hall–Kier alpha value is -1.55. The Morgan fingerprint density at radius 1 is 1.38 bits per heavy atom. The van der Waals surface area contributed by atoms with Gasteiger partial charge in [-0.05, 0) is 49.8 Å². The van der Waals surface area contributed by atoms with Gasteiger partial charge in [-0.2, -0.15) is 0 Å². The van der Waals surface area contributed by atoms with Crippen LogP contribution in [0.2, 0.25) is 5.02 Å². The summed E-state index contributed by atoms with van der Waals surface area (Å²) >= 11 is 6.11. The van der Waals surface area contributed by atoms with Gasteiger partial charge in [-0.3, -0.25) is 9.59 Å². The van der Waals surface area contributed by atoms with Crippen molar-refractivity contribution in [1.82, 2.24) is 5.32 Å². The van der Waals surface area contributed by atoms with Gasteiger partial charge in [0.15, 0.2) is 0 Å². The molecule has 2 fully saturated rings. The van der Waals surface area contributed by atoms with E-state index in [0.717, 1.165) is 11.3 Å². The molecular formula is C16H19ClN2O2. The van der Waals surface area contributed by atoms with Gasteiger partial charge >= 0.3 is 0 Å². The lowest BCUT2D eigenvalue weighted by Gasteiger charge is -2.19. The van der Waals surface area contributed by atoms with Crippen molar-refractivity contribution in [3.8, 4) is 0 Å². The summed E-state index contributed by atoms with van der Waals surface area (Å²) in [5.41, 5.74) is 1.69. The van der Waals surface area contributed by atoms with Crippen LogP contribution in [0.15, 0.2) is 18.2 Å². The van der Waals surface area contributed by atoms with E-state index in [4.69, 9.17) is 11.6 Å². The van der Waals surface area contributed by atoms with Crippen molar-refractivity contribution < 1.29 is 9.59 Å². The SMILES string of the molecule is Cc1c(Cl)cccc1N1CCC(C(=O)NCC2CC2)C1=O. The number of carbonyl (C=O) groups is 2. The number of amides is 2. The summed E-state index contributed by atoms with van der Waals surface area (Å²) in [6, 6.07) is 5.52. The average Bonchev–Trinajstić information content (AvgIpc) is 3.22. The molecule has 1 saturated heterocycles. The average molecular weight is 307 g/mol. The Bertz CT molecular complexity index is 584.